The largest absolute Gasteiger partial charge is 0.391 e. The van der Waals surface area contributed by atoms with Gasteiger partial charge in [0.1, 0.15) is 23.0 Å². The van der Waals surface area contributed by atoms with Crippen molar-refractivity contribution >= 4 is 23.2 Å². The van der Waals surface area contributed by atoms with Gasteiger partial charge in [-0.15, -0.1) is 0 Å². The van der Waals surface area contributed by atoms with Crippen molar-refractivity contribution in [1.82, 2.24) is 9.97 Å². The molecule has 5 nitrogen and oxygen atoms in total. The van der Waals surface area contributed by atoms with Gasteiger partial charge in [-0.3, -0.25) is 0 Å². The zero-order chi connectivity index (χ0) is 15.0. The van der Waals surface area contributed by atoms with Gasteiger partial charge in [0.05, 0.1) is 12.1 Å². The Morgan fingerprint density at radius 3 is 2.71 bits per heavy atom. The van der Waals surface area contributed by atoms with E-state index in [2.05, 4.69) is 9.97 Å². The maximum atomic E-state index is 13.1. The fraction of sp³-hybridized carbons (Fsp3) is 0.286. The molecule has 3 N–H and O–H groups in total. The van der Waals surface area contributed by atoms with E-state index in [4.69, 9.17) is 17.3 Å². The Morgan fingerprint density at radius 1 is 1.29 bits per heavy atom. The molecule has 2 heterocycles. The van der Waals surface area contributed by atoms with E-state index in [1.54, 1.807) is 12.1 Å². The van der Waals surface area contributed by atoms with E-state index >= 15 is 0 Å². The van der Waals surface area contributed by atoms with Crippen LogP contribution >= 0.6 is 11.6 Å². The number of hydrogen-bond donors (Lipinski definition) is 2. The molecule has 0 aliphatic carbocycles. The molecular formula is C14H14ClFN4O. The second kappa shape index (κ2) is 5.46. The summed E-state index contributed by atoms with van der Waals surface area (Å²) in [7, 11) is 0. The van der Waals surface area contributed by atoms with Crippen molar-refractivity contribution in [3.05, 3.63) is 47.0 Å². The van der Waals surface area contributed by atoms with Gasteiger partial charge in [0, 0.05) is 6.54 Å². The van der Waals surface area contributed by atoms with E-state index in [-0.39, 0.29) is 22.7 Å². The Bertz CT molecular complexity index is 652. The summed E-state index contributed by atoms with van der Waals surface area (Å²) in [5, 5.41) is 10.2. The van der Waals surface area contributed by atoms with Gasteiger partial charge in [-0.25, -0.2) is 14.4 Å². The van der Waals surface area contributed by atoms with Gasteiger partial charge in [-0.05, 0) is 24.1 Å². The second-order valence-electron chi connectivity index (χ2n) is 5.01. The molecule has 0 saturated carbocycles. The van der Waals surface area contributed by atoms with Crippen LogP contribution in [0.4, 0.5) is 16.0 Å². The molecule has 3 rings (SSSR count). The van der Waals surface area contributed by atoms with Crippen LogP contribution in [0.5, 0.6) is 0 Å². The summed E-state index contributed by atoms with van der Waals surface area (Å²) >= 11 is 6.17. The van der Waals surface area contributed by atoms with Crippen LogP contribution in [0.1, 0.15) is 18.0 Å². The van der Waals surface area contributed by atoms with Crippen LogP contribution in [0, 0.1) is 5.82 Å². The summed E-state index contributed by atoms with van der Waals surface area (Å²) in [6.07, 6.45) is 1.35. The van der Waals surface area contributed by atoms with Crippen molar-refractivity contribution in [2.75, 3.05) is 17.2 Å². The van der Waals surface area contributed by atoms with Crippen molar-refractivity contribution in [1.29, 1.82) is 0 Å². The molecule has 0 bridgehead atoms. The van der Waals surface area contributed by atoms with E-state index in [0.29, 0.717) is 18.8 Å². The summed E-state index contributed by atoms with van der Waals surface area (Å²) in [4.78, 5) is 9.87. The molecule has 21 heavy (non-hydrogen) atoms. The standard InChI is InChI=1S/C14H14ClFN4O/c15-12-13(17)18-7-19-14(12)20-6-10(21)5-11(20)8-1-3-9(16)4-2-8/h1-4,7,10-11,21H,5-6H2,(H2,17,18,19)/t10-,11-/m0/s1. The molecule has 1 aliphatic rings. The third-order valence-electron chi connectivity index (χ3n) is 3.60. The maximum Gasteiger partial charge on any atom is 0.153 e. The minimum absolute atomic E-state index is 0.132. The van der Waals surface area contributed by atoms with Crippen LogP contribution in [0.2, 0.25) is 5.02 Å². The van der Waals surface area contributed by atoms with Crippen LogP contribution in [-0.2, 0) is 0 Å². The molecule has 1 fully saturated rings. The number of aromatic nitrogens is 2. The van der Waals surface area contributed by atoms with Crippen LogP contribution in [0.15, 0.2) is 30.6 Å². The molecule has 7 heteroatoms. The van der Waals surface area contributed by atoms with Crippen molar-refractivity contribution in [3.63, 3.8) is 0 Å². The number of halogens is 2. The summed E-state index contributed by atoms with van der Waals surface area (Å²) < 4.78 is 13.1. The average Bonchev–Trinajstić information content (AvgIpc) is 2.84. The lowest BCUT2D eigenvalue weighted by molar-refractivity contribution is 0.194. The van der Waals surface area contributed by atoms with Crippen molar-refractivity contribution in [2.24, 2.45) is 0 Å². The Labute approximate surface area is 126 Å². The molecule has 1 aliphatic heterocycles. The summed E-state index contributed by atoms with van der Waals surface area (Å²) in [6, 6.07) is 6.06. The van der Waals surface area contributed by atoms with Crippen LogP contribution in [0.25, 0.3) is 0 Å². The Kier molecular flexibility index (Phi) is 3.65. The highest BCUT2D eigenvalue weighted by Crippen LogP contribution is 2.39. The first-order valence-corrected chi connectivity index (χ1v) is 6.90. The molecule has 110 valence electrons. The number of anilines is 2. The first-order valence-electron chi connectivity index (χ1n) is 6.52. The topological polar surface area (TPSA) is 75.3 Å². The van der Waals surface area contributed by atoms with Gasteiger partial charge < -0.3 is 15.7 Å². The normalized spacial score (nSPS) is 21.8. The molecular weight excluding hydrogens is 295 g/mol. The van der Waals surface area contributed by atoms with Crippen LogP contribution < -0.4 is 10.6 Å². The molecule has 1 aromatic heterocycles. The highest BCUT2D eigenvalue weighted by atomic mass is 35.5. The zero-order valence-corrected chi connectivity index (χ0v) is 11.8. The number of rotatable bonds is 2. The maximum absolute atomic E-state index is 13.1. The minimum Gasteiger partial charge on any atom is -0.391 e. The van der Waals surface area contributed by atoms with Gasteiger partial charge in [0.25, 0.3) is 0 Å². The van der Waals surface area contributed by atoms with Gasteiger partial charge >= 0.3 is 0 Å². The van der Waals surface area contributed by atoms with E-state index in [1.165, 1.54) is 18.5 Å². The van der Waals surface area contributed by atoms with E-state index in [1.807, 2.05) is 4.90 Å². The minimum atomic E-state index is -0.507. The lowest BCUT2D eigenvalue weighted by Gasteiger charge is -2.26. The predicted octanol–water partition coefficient (Wildman–Crippen LogP) is 2.16. The number of hydrogen-bond acceptors (Lipinski definition) is 5. The fourth-order valence-electron chi connectivity index (χ4n) is 2.62. The molecule has 0 unspecified atom stereocenters. The molecule has 0 amide bonds. The van der Waals surface area contributed by atoms with E-state index < -0.39 is 6.10 Å². The number of benzene rings is 1. The third kappa shape index (κ3) is 2.64. The van der Waals surface area contributed by atoms with Gasteiger partial charge in [-0.1, -0.05) is 23.7 Å². The number of nitrogens with two attached hydrogens (primary N) is 1. The summed E-state index contributed by atoms with van der Waals surface area (Å²) in [5.41, 5.74) is 6.60. The van der Waals surface area contributed by atoms with Gasteiger partial charge in [0.15, 0.2) is 5.82 Å². The number of β-amino-alcohol motifs (C(OH)–C–C–N with tert-alkyl or cyclic N) is 1. The second-order valence-corrected chi connectivity index (χ2v) is 5.38. The van der Waals surface area contributed by atoms with E-state index in [0.717, 1.165) is 5.56 Å². The summed E-state index contributed by atoms with van der Waals surface area (Å²) in [6.45, 7) is 0.387. The number of nitrogen functional groups attached to an aromatic ring is 1. The molecule has 2 aromatic rings. The van der Waals surface area contributed by atoms with Crippen LogP contribution in [0.3, 0.4) is 0 Å². The quantitative estimate of drug-likeness (QED) is 0.889. The zero-order valence-electron chi connectivity index (χ0n) is 11.1. The van der Waals surface area contributed by atoms with Crippen molar-refractivity contribution in [2.45, 2.75) is 18.6 Å². The Balaban J connectivity index is 1.99. The smallest absolute Gasteiger partial charge is 0.153 e. The van der Waals surface area contributed by atoms with Crippen molar-refractivity contribution in [3.8, 4) is 0 Å². The molecule has 1 saturated heterocycles. The van der Waals surface area contributed by atoms with Gasteiger partial charge in [0.2, 0.25) is 0 Å². The average molecular weight is 309 g/mol. The monoisotopic (exact) mass is 308 g/mol. The van der Waals surface area contributed by atoms with Gasteiger partial charge in [-0.2, -0.15) is 0 Å². The first-order chi connectivity index (χ1) is 10.1. The summed E-state index contributed by atoms with van der Waals surface area (Å²) in [5.74, 6) is 0.379. The molecule has 2 atom stereocenters. The lowest BCUT2D eigenvalue weighted by Crippen LogP contribution is -2.26. The van der Waals surface area contributed by atoms with Crippen LogP contribution in [-0.4, -0.2) is 27.7 Å². The third-order valence-corrected chi connectivity index (χ3v) is 3.97. The Morgan fingerprint density at radius 2 is 2.00 bits per heavy atom. The van der Waals surface area contributed by atoms with E-state index in [9.17, 15) is 9.50 Å². The SMILES string of the molecule is Nc1ncnc(N2C[C@@H](O)C[C@H]2c2ccc(F)cc2)c1Cl. The Hall–Kier alpha value is -1.92. The number of aliphatic hydroxyl groups is 1. The highest BCUT2D eigenvalue weighted by molar-refractivity contribution is 6.35. The molecule has 0 radical (unpaired) electrons. The predicted molar refractivity (Wildman–Crippen MR) is 78.6 cm³/mol. The lowest BCUT2D eigenvalue weighted by atomic mass is 10.0. The fourth-order valence-corrected chi connectivity index (χ4v) is 2.83. The number of aliphatic hydroxyl groups excluding tert-OH is 1. The first kappa shape index (κ1) is 14.0. The molecule has 0 spiro atoms. The number of nitrogens with zero attached hydrogens (tertiary/aromatic N) is 3. The highest BCUT2D eigenvalue weighted by Gasteiger charge is 2.34. The van der Waals surface area contributed by atoms with Crippen molar-refractivity contribution < 1.29 is 9.50 Å². The molecule has 1 aromatic carbocycles.